The monoisotopic (exact) mass is 264 g/mol. The molecule has 0 radical (unpaired) electrons. The Hall–Kier alpha value is -0.550. The Morgan fingerprint density at radius 3 is 2.85 bits per heavy atom. The lowest BCUT2D eigenvalue weighted by Crippen LogP contribution is -1.97. The van der Waals surface area contributed by atoms with E-state index in [0.717, 1.165) is 16.7 Å². The predicted octanol–water partition coefficient (Wildman–Crippen LogP) is 2.76. The number of aliphatic carboxylic acids is 1. The second kappa shape index (κ2) is 4.62. The minimum atomic E-state index is -0.888. The first-order chi connectivity index (χ1) is 6.09. The second-order valence-corrected chi connectivity index (χ2v) is 4.13. The van der Waals surface area contributed by atoms with Crippen molar-refractivity contribution in [3.63, 3.8) is 0 Å². The SMILES string of the molecule is O=C(O)CSc1ccc(F)cc1Br. The Morgan fingerprint density at radius 1 is 1.62 bits per heavy atom. The van der Waals surface area contributed by atoms with E-state index in [0.29, 0.717) is 4.47 Å². The lowest BCUT2D eigenvalue weighted by molar-refractivity contribution is -0.133. The van der Waals surface area contributed by atoms with Crippen LogP contribution in [0.1, 0.15) is 0 Å². The smallest absolute Gasteiger partial charge is 0.313 e. The van der Waals surface area contributed by atoms with E-state index in [2.05, 4.69) is 15.9 Å². The molecule has 1 aromatic rings. The van der Waals surface area contributed by atoms with Gasteiger partial charge in [0.1, 0.15) is 5.82 Å². The largest absolute Gasteiger partial charge is 0.481 e. The molecule has 5 heteroatoms. The van der Waals surface area contributed by atoms with E-state index in [1.54, 1.807) is 6.07 Å². The van der Waals surface area contributed by atoms with Crippen molar-refractivity contribution >= 4 is 33.7 Å². The fourth-order valence-electron chi connectivity index (χ4n) is 0.732. The van der Waals surface area contributed by atoms with Crippen molar-refractivity contribution in [3.05, 3.63) is 28.5 Å². The van der Waals surface area contributed by atoms with E-state index in [1.807, 2.05) is 0 Å². The summed E-state index contributed by atoms with van der Waals surface area (Å²) < 4.78 is 13.2. The molecule has 0 atom stereocenters. The molecule has 0 fully saturated rings. The third-order valence-electron chi connectivity index (χ3n) is 1.25. The summed E-state index contributed by atoms with van der Waals surface area (Å²) in [6.45, 7) is 0. The zero-order valence-corrected chi connectivity index (χ0v) is 8.86. The molecule has 0 spiro atoms. The average molecular weight is 265 g/mol. The molecule has 0 heterocycles. The van der Waals surface area contributed by atoms with Crippen LogP contribution in [0.25, 0.3) is 0 Å². The minimum Gasteiger partial charge on any atom is -0.481 e. The molecular formula is C8H6BrFO2S. The Morgan fingerprint density at radius 2 is 2.31 bits per heavy atom. The molecule has 0 aliphatic carbocycles. The topological polar surface area (TPSA) is 37.3 Å². The zero-order valence-electron chi connectivity index (χ0n) is 6.46. The van der Waals surface area contributed by atoms with Gasteiger partial charge in [-0.3, -0.25) is 4.79 Å². The van der Waals surface area contributed by atoms with Crippen LogP contribution >= 0.6 is 27.7 Å². The summed E-state index contributed by atoms with van der Waals surface area (Å²) in [7, 11) is 0. The molecule has 0 aliphatic rings. The molecule has 0 aromatic heterocycles. The number of halogens is 2. The minimum absolute atomic E-state index is 0.0236. The number of carboxylic acids is 1. The van der Waals surface area contributed by atoms with Gasteiger partial charge in [-0.2, -0.15) is 0 Å². The Labute approximate surface area is 87.3 Å². The number of carbonyl (C=O) groups is 1. The standard InChI is InChI=1S/C8H6BrFO2S/c9-6-3-5(10)1-2-7(6)13-4-8(11)12/h1-3H,4H2,(H,11,12). The number of benzene rings is 1. The molecule has 0 bridgehead atoms. The van der Waals surface area contributed by atoms with Crippen molar-refractivity contribution in [1.29, 1.82) is 0 Å². The fourth-order valence-corrected chi connectivity index (χ4v) is 2.07. The van der Waals surface area contributed by atoms with Gasteiger partial charge in [0, 0.05) is 9.37 Å². The van der Waals surface area contributed by atoms with Gasteiger partial charge in [-0.05, 0) is 34.1 Å². The fraction of sp³-hybridized carbons (Fsp3) is 0.125. The quantitative estimate of drug-likeness (QED) is 0.854. The van der Waals surface area contributed by atoms with Crippen molar-refractivity contribution in [2.75, 3.05) is 5.75 Å². The summed E-state index contributed by atoms with van der Waals surface area (Å²) in [5.74, 6) is -1.25. The van der Waals surface area contributed by atoms with Gasteiger partial charge in [0.05, 0.1) is 5.75 Å². The zero-order chi connectivity index (χ0) is 9.84. The van der Waals surface area contributed by atoms with Gasteiger partial charge < -0.3 is 5.11 Å². The number of rotatable bonds is 3. The van der Waals surface area contributed by atoms with Gasteiger partial charge in [-0.15, -0.1) is 11.8 Å². The summed E-state index contributed by atoms with van der Waals surface area (Å²) in [6, 6.07) is 4.16. The molecule has 2 nitrogen and oxygen atoms in total. The van der Waals surface area contributed by atoms with Crippen molar-refractivity contribution in [1.82, 2.24) is 0 Å². The maximum atomic E-state index is 12.6. The van der Waals surface area contributed by atoms with E-state index in [9.17, 15) is 9.18 Å². The van der Waals surface area contributed by atoms with Gasteiger partial charge in [0.2, 0.25) is 0 Å². The van der Waals surface area contributed by atoms with Crippen LogP contribution in [-0.2, 0) is 4.79 Å². The Balaban J connectivity index is 2.72. The molecule has 1 rings (SSSR count). The van der Waals surface area contributed by atoms with Crippen LogP contribution in [0.15, 0.2) is 27.6 Å². The highest BCUT2D eigenvalue weighted by Gasteiger charge is 2.04. The molecule has 0 saturated heterocycles. The van der Waals surface area contributed by atoms with Crippen LogP contribution in [-0.4, -0.2) is 16.8 Å². The number of thioether (sulfide) groups is 1. The Bertz CT molecular complexity index is 330. The first-order valence-corrected chi connectivity index (χ1v) is 5.17. The first-order valence-electron chi connectivity index (χ1n) is 3.39. The lowest BCUT2D eigenvalue weighted by atomic mass is 10.3. The molecule has 1 aromatic carbocycles. The summed E-state index contributed by atoms with van der Waals surface area (Å²) in [4.78, 5) is 11.0. The summed E-state index contributed by atoms with van der Waals surface area (Å²) in [6.07, 6.45) is 0. The highest BCUT2D eigenvalue weighted by molar-refractivity contribution is 9.10. The van der Waals surface area contributed by atoms with Gasteiger partial charge in [0.25, 0.3) is 0 Å². The summed E-state index contributed by atoms with van der Waals surface area (Å²) >= 11 is 4.29. The van der Waals surface area contributed by atoms with Crippen molar-refractivity contribution in [2.24, 2.45) is 0 Å². The molecule has 0 aliphatic heterocycles. The van der Waals surface area contributed by atoms with Crippen LogP contribution in [0, 0.1) is 5.82 Å². The normalized spacial score (nSPS) is 10.0. The maximum Gasteiger partial charge on any atom is 0.313 e. The highest BCUT2D eigenvalue weighted by Crippen LogP contribution is 2.27. The van der Waals surface area contributed by atoms with Crippen LogP contribution in [0.4, 0.5) is 4.39 Å². The van der Waals surface area contributed by atoms with Crippen LogP contribution in [0.5, 0.6) is 0 Å². The molecule has 0 amide bonds. The highest BCUT2D eigenvalue weighted by atomic mass is 79.9. The third kappa shape index (κ3) is 3.36. The Kier molecular flexibility index (Phi) is 3.74. The van der Waals surface area contributed by atoms with Gasteiger partial charge in [-0.1, -0.05) is 0 Å². The van der Waals surface area contributed by atoms with Crippen molar-refractivity contribution < 1.29 is 14.3 Å². The molecule has 0 saturated carbocycles. The van der Waals surface area contributed by atoms with Crippen LogP contribution < -0.4 is 0 Å². The van der Waals surface area contributed by atoms with Crippen LogP contribution in [0.2, 0.25) is 0 Å². The van der Waals surface area contributed by atoms with Gasteiger partial charge >= 0.3 is 5.97 Å². The average Bonchev–Trinajstić information content (AvgIpc) is 2.02. The third-order valence-corrected chi connectivity index (χ3v) is 3.22. The predicted molar refractivity (Wildman–Crippen MR) is 52.5 cm³/mol. The molecule has 0 unspecified atom stereocenters. The molecule has 1 N–H and O–H groups in total. The van der Waals surface area contributed by atoms with E-state index in [4.69, 9.17) is 5.11 Å². The van der Waals surface area contributed by atoms with E-state index < -0.39 is 5.97 Å². The van der Waals surface area contributed by atoms with Gasteiger partial charge in [-0.25, -0.2) is 4.39 Å². The molecule has 13 heavy (non-hydrogen) atoms. The van der Waals surface area contributed by atoms with E-state index in [-0.39, 0.29) is 11.6 Å². The van der Waals surface area contributed by atoms with Crippen molar-refractivity contribution in [2.45, 2.75) is 4.90 Å². The summed E-state index contributed by atoms with van der Waals surface area (Å²) in [5, 5.41) is 8.41. The molecular weight excluding hydrogens is 259 g/mol. The van der Waals surface area contributed by atoms with E-state index in [1.165, 1.54) is 12.1 Å². The van der Waals surface area contributed by atoms with Gasteiger partial charge in [0.15, 0.2) is 0 Å². The molecule has 70 valence electrons. The number of hydrogen-bond acceptors (Lipinski definition) is 2. The summed E-state index contributed by atoms with van der Waals surface area (Å²) in [5.41, 5.74) is 0. The first kappa shape index (κ1) is 10.5. The number of hydrogen-bond donors (Lipinski definition) is 1. The van der Waals surface area contributed by atoms with Crippen LogP contribution in [0.3, 0.4) is 0 Å². The van der Waals surface area contributed by atoms with E-state index >= 15 is 0 Å². The lowest BCUT2D eigenvalue weighted by Gasteiger charge is -2.01. The second-order valence-electron chi connectivity index (χ2n) is 2.26. The number of carboxylic acid groups (broad SMARTS) is 1. The maximum absolute atomic E-state index is 12.6. The van der Waals surface area contributed by atoms with Crippen molar-refractivity contribution in [3.8, 4) is 0 Å².